The summed E-state index contributed by atoms with van der Waals surface area (Å²) in [6, 6.07) is 0. The van der Waals surface area contributed by atoms with Gasteiger partial charge >= 0.3 is 192 Å². The van der Waals surface area contributed by atoms with E-state index in [0.29, 0.717) is 8.87 Å². The molecule has 0 aliphatic carbocycles. The summed E-state index contributed by atoms with van der Waals surface area (Å²) in [5.41, 5.74) is 0. The van der Waals surface area contributed by atoms with Gasteiger partial charge in [-0.3, -0.25) is 0 Å². The normalized spacial score (nSPS) is 23.9. The quantitative estimate of drug-likeness (QED) is 0.372. The van der Waals surface area contributed by atoms with Crippen molar-refractivity contribution < 1.29 is 35.5 Å². The number of carbonyl (C=O) groups is 4. The van der Waals surface area contributed by atoms with Gasteiger partial charge in [0.05, 0.1) is 0 Å². The molecule has 1 aliphatic heterocycles. The van der Waals surface area contributed by atoms with E-state index >= 15 is 0 Å². The third kappa shape index (κ3) is 9.25. The van der Waals surface area contributed by atoms with Crippen molar-refractivity contribution in [1.82, 2.24) is 0 Å². The van der Waals surface area contributed by atoms with E-state index < -0.39 is 70.5 Å². The predicted molar refractivity (Wildman–Crippen MR) is 119 cm³/mol. The third-order valence-electron chi connectivity index (χ3n) is 4.49. The third-order valence-corrected chi connectivity index (χ3v) is 17.1. The molecule has 1 rings (SSSR count). The molecule has 8 nitrogen and oxygen atoms in total. The molecule has 30 heavy (non-hydrogen) atoms. The van der Waals surface area contributed by atoms with Crippen molar-refractivity contribution in [2.45, 2.75) is 89.7 Å². The number of hydrogen-bond donors (Lipinski definition) is 2. The van der Waals surface area contributed by atoms with E-state index in [0.717, 1.165) is 49.2 Å². The predicted octanol–water partition coefficient (Wildman–Crippen LogP) is 4.02. The zero-order valence-electron chi connectivity index (χ0n) is 18.0. The van der Waals surface area contributed by atoms with Crippen LogP contribution < -0.4 is 0 Å². The number of unbranched alkanes of at least 4 members (excludes halogenated alkanes) is 2. The van der Waals surface area contributed by atoms with Gasteiger partial charge in [0.1, 0.15) is 0 Å². The van der Waals surface area contributed by atoms with E-state index in [1.54, 1.807) is 13.8 Å². The summed E-state index contributed by atoms with van der Waals surface area (Å²) in [5, 5.41) is 16.7. The van der Waals surface area contributed by atoms with E-state index in [2.05, 4.69) is 0 Å². The number of carboxylic acids is 2. The second-order valence-corrected chi connectivity index (χ2v) is 20.9. The van der Waals surface area contributed by atoms with Gasteiger partial charge in [-0.25, -0.2) is 0 Å². The number of hydrogen-bond acceptors (Lipinski definition) is 8. The molecule has 172 valence electrons. The molecule has 0 saturated carbocycles. The second-order valence-electron chi connectivity index (χ2n) is 7.77. The number of rotatable bonds is 10. The monoisotopic (exact) mass is 572 g/mol. The van der Waals surface area contributed by atoms with Crippen LogP contribution in [0.1, 0.15) is 66.2 Å². The fraction of sp³-hybridized carbons (Fsp3) is 0.789. The van der Waals surface area contributed by atoms with Gasteiger partial charge in [0.25, 0.3) is 0 Å². The SMILES string of the molecule is CCC[CH2][Sn]1([CH2]CCC)[O]C(=O)C(CC(=O)O)SC(C)(C)SC(CC(=O)O)C(=O)[O]1. The van der Waals surface area contributed by atoms with Crippen molar-refractivity contribution in [2.75, 3.05) is 0 Å². The van der Waals surface area contributed by atoms with Crippen molar-refractivity contribution in [1.29, 1.82) is 0 Å². The molecule has 0 aromatic carbocycles. The van der Waals surface area contributed by atoms with Crippen LogP contribution in [0.15, 0.2) is 0 Å². The molecular formula is C19H32O8S2Sn. The molecule has 2 N–H and O–H groups in total. The van der Waals surface area contributed by atoms with Gasteiger partial charge in [-0.05, 0) is 0 Å². The molecule has 2 unspecified atom stereocenters. The van der Waals surface area contributed by atoms with Crippen molar-refractivity contribution in [3.8, 4) is 0 Å². The van der Waals surface area contributed by atoms with Gasteiger partial charge in [0.15, 0.2) is 0 Å². The summed E-state index contributed by atoms with van der Waals surface area (Å²) in [7, 11) is 0. The number of aliphatic carboxylic acids is 2. The summed E-state index contributed by atoms with van der Waals surface area (Å²) in [6.45, 7) is 7.44. The van der Waals surface area contributed by atoms with Crippen molar-refractivity contribution in [2.24, 2.45) is 0 Å². The van der Waals surface area contributed by atoms with E-state index in [-0.39, 0.29) is 0 Å². The van der Waals surface area contributed by atoms with Crippen LogP contribution in [0.3, 0.4) is 0 Å². The number of thioether (sulfide) groups is 2. The summed E-state index contributed by atoms with van der Waals surface area (Å²) >= 11 is -2.05. The molecule has 0 radical (unpaired) electrons. The summed E-state index contributed by atoms with van der Waals surface area (Å²) in [5.74, 6) is -3.51. The Balaban J connectivity index is 3.39. The first kappa shape index (κ1) is 27.4. The van der Waals surface area contributed by atoms with Gasteiger partial charge in [0, 0.05) is 0 Å². The van der Waals surface area contributed by atoms with Crippen LogP contribution in [0.4, 0.5) is 0 Å². The molecule has 0 aromatic heterocycles. The maximum absolute atomic E-state index is 13.0. The molecule has 0 amide bonds. The Kier molecular flexibility index (Phi) is 11.4. The van der Waals surface area contributed by atoms with Crippen molar-refractivity contribution in [3.63, 3.8) is 0 Å². The van der Waals surface area contributed by atoms with Gasteiger partial charge < -0.3 is 0 Å². The van der Waals surface area contributed by atoms with E-state index in [1.807, 2.05) is 13.8 Å². The molecule has 1 saturated heterocycles. The molecule has 0 spiro atoms. The van der Waals surface area contributed by atoms with Gasteiger partial charge in [-0.15, -0.1) is 0 Å². The Labute approximate surface area is 191 Å². The number of carbonyl (C=O) groups excluding carboxylic acids is 2. The van der Waals surface area contributed by atoms with E-state index in [1.165, 1.54) is 0 Å². The Bertz CT molecular complexity index is 588. The van der Waals surface area contributed by atoms with Crippen LogP contribution in [0.2, 0.25) is 8.87 Å². The van der Waals surface area contributed by atoms with E-state index in [9.17, 15) is 29.4 Å². The summed E-state index contributed by atoms with van der Waals surface area (Å²) < 4.78 is 12.1. The molecule has 11 heteroatoms. The topological polar surface area (TPSA) is 127 Å². The second kappa shape index (κ2) is 12.4. The minimum atomic E-state index is -4.26. The summed E-state index contributed by atoms with van der Waals surface area (Å²) in [4.78, 5) is 48.8. The van der Waals surface area contributed by atoms with Gasteiger partial charge in [-0.1, -0.05) is 0 Å². The van der Waals surface area contributed by atoms with Crippen molar-refractivity contribution in [3.05, 3.63) is 0 Å². The Morgan fingerprint density at radius 2 is 1.27 bits per heavy atom. The Hall–Kier alpha value is -0.621. The average molecular weight is 571 g/mol. The molecule has 1 fully saturated rings. The first-order valence-electron chi connectivity index (χ1n) is 10.2. The van der Waals surface area contributed by atoms with Crippen LogP contribution in [0.5, 0.6) is 0 Å². The molecule has 0 bridgehead atoms. The van der Waals surface area contributed by atoms with Crippen LogP contribution in [0.25, 0.3) is 0 Å². The molecule has 0 aromatic rings. The van der Waals surface area contributed by atoms with Crippen LogP contribution in [-0.2, 0) is 25.3 Å². The molecule has 2 atom stereocenters. The van der Waals surface area contributed by atoms with Crippen molar-refractivity contribution >= 4 is 66.6 Å². The molecular weight excluding hydrogens is 539 g/mol. The fourth-order valence-corrected chi connectivity index (χ4v) is 16.6. The molecule has 1 aliphatic rings. The zero-order chi connectivity index (χ0) is 22.9. The zero-order valence-corrected chi connectivity index (χ0v) is 22.5. The van der Waals surface area contributed by atoms with E-state index in [4.69, 9.17) is 6.15 Å². The van der Waals surface area contributed by atoms with Gasteiger partial charge in [-0.2, -0.15) is 0 Å². The number of carboxylic acid groups (broad SMARTS) is 2. The molecule has 1 heterocycles. The van der Waals surface area contributed by atoms with Crippen LogP contribution in [-0.4, -0.2) is 67.9 Å². The maximum atomic E-state index is 13.0. The average Bonchev–Trinajstić information content (AvgIpc) is 2.61. The standard InChI is InChI=1S/C11H16O8S2.2C4H9.Sn/c1-11(2,20-5(9(16)17)3-7(12)13)21-6(10(18)19)4-8(14)15;2*1-3-4-2;/h5-6H,3-4H2,1-2H3,(H,12,13)(H,14,15)(H,16,17)(H,18,19);2*1,3-4H2,2H3;/q;;;+2/p-2. The minimum absolute atomic E-state index is 0.408. The first-order chi connectivity index (χ1) is 13.9. The van der Waals surface area contributed by atoms with Crippen LogP contribution >= 0.6 is 23.5 Å². The Morgan fingerprint density at radius 1 is 0.900 bits per heavy atom. The Morgan fingerprint density at radius 3 is 1.57 bits per heavy atom. The van der Waals surface area contributed by atoms with Gasteiger partial charge in [0.2, 0.25) is 0 Å². The summed E-state index contributed by atoms with van der Waals surface area (Å²) in [6.07, 6.45) is 2.28. The fourth-order valence-electron chi connectivity index (χ4n) is 3.12. The van der Waals surface area contributed by atoms with Crippen LogP contribution in [0, 0.1) is 0 Å². The first-order valence-corrected chi connectivity index (χ1v) is 18.3.